The number of hydrogen-bond donors (Lipinski definition) is 1. The van der Waals surface area contributed by atoms with Gasteiger partial charge in [0.25, 0.3) is 5.91 Å². The Balaban J connectivity index is 1.48. The number of fused-ring (bicyclic) bond motifs is 1. The molecule has 1 N–H and O–H groups in total. The number of nitrogens with zero attached hydrogens (tertiary/aromatic N) is 5. The van der Waals surface area contributed by atoms with Gasteiger partial charge in [-0.1, -0.05) is 18.2 Å². The molecular formula is C21H18N6O2. The van der Waals surface area contributed by atoms with Crippen molar-refractivity contribution in [2.75, 3.05) is 7.11 Å². The Kier molecular flexibility index (Phi) is 4.98. The molecule has 4 rings (SSSR count). The van der Waals surface area contributed by atoms with Crippen LogP contribution in [0.5, 0.6) is 5.75 Å². The second-order valence-corrected chi connectivity index (χ2v) is 6.37. The van der Waals surface area contributed by atoms with Gasteiger partial charge in [-0.2, -0.15) is 5.10 Å². The van der Waals surface area contributed by atoms with Gasteiger partial charge < -0.3 is 4.74 Å². The molecule has 0 aliphatic carbocycles. The monoisotopic (exact) mass is 386 g/mol. The molecule has 0 fully saturated rings. The molecule has 144 valence electrons. The molecule has 0 aliphatic heterocycles. The summed E-state index contributed by atoms with van der Waals surface area (Å²) in [5.41, 5.74) is 5.49. The molecule has 0 aliphatic rings. The van der Waals surface area contributed by atoms with Crippen LogP contribution in [-0.2, 0) is 0 Å². The van der Waals surface area contributed by atoms with Gasteiger partial charge in [0.15, 0.2) is 0 Å². The zero-order valence-corrected chi connectivity index (χ0v) is 15.9. The summed E-state index contributed by atoms with van der Waals surface area (Å²) in [7, 11) is 1.65. The number of amides is 1. The summed E-state index contributed by atoms with van der Waals surface area (Å²) < 4.78 is 6.77. The molecule has 3 aromatic carbocycles. The maximum absolute atomic E-state index is 12.4. The molecule has 8 heteroatoms. The Morgan fingerprint density at radius 2 is 1.72 bits per heavy atom. The first-order valence-electron chi connectivity index (χ1n) is 8.90. The molecule has 0 atom stereocenters. The second kappa shape index (κ2) is 7.89. The van der Waals surface area contributed by atoms with E-state index in [4.69, 9.17) is 4.74 Å². The van der Waals surface area contributed by atoms with Crippen LogP contribution in [0.3, 0.4) is 0 Å². The summed E-state index contributed by atoms with van der Waals surface area (Å²) in [4.78, 5) is 12.4. The van der Waals surface area contributed by atoms with Gasteiger partial charge in [-0.15, -0.1) is 5.10 Å². The second-order valence-electron chi connectivity index (χ2n) is 6.37. The van der Waals surface area contributed by atoms with Crippen LogP contribution in [0, 0.1) is 0 Å². The van der Waals surface area contributed by atoms with Crippen LogP contribution in [-0.4, -0.2) is 38.9 Å². The van der Waals surface area contributed by atoms with Gasteiger partial charge >= 0.3 is 0 Å². The van der Waals surface area contributed by atoms with E-state index in [0.717, 1.165) is 27.8 Å². The molecule has 1 amide bonds. The Labute approximate surface area is 166 Å². The zero-order valence-electron chi connectivity index (χ0n) is 15.9. The molecule has 0 saturated carbocycles. The average molecular weight is 386 g/mol. The first-order valence-corrected chi connectivity index (χ1v) is 8.90. The highest BCUT2D eigenvalue weighted by molar-refractivity contribution is 6.03. The lowest BCUT2D eigenvalue weighted by molar-refractivity contribution is 0.0955. The number of benzene rings is 3. The normalized spacial score (nSPS) is 11.4. The third kappa shape index (κ3) is 3.96. The first-order chi connectivity index (χ1) is 14.1. The minimum absolute atomic E-state index is 0.293. The van der Waals surface area contributed by atoms with Crippen LogP contribution in [0.15, 0.2) is 72.1 Å². The van der Waals surface area contributed by atoms with E-state index in [2.05, 4.69) is 26.1 Å². The highest BCUT2D eigenvalue weighted by Gasteiger charge is 2.07. The Morgan fingerprint density at radius 1 is 1.00 bits per heavy atom. The number of methoxy groups -OCH3 is 1. The number of rotatable bonds is 5. The van der Waals surface area contributed by atoms with E-state index in [1.165, 1.54) is 11.0 Å². The Morgan fingerprint density at radius 3 is 2.45 bits per heavy atom. The number of hydrogen-bond acceptors (Lipinski definition) is 6. The van der Waals surface area contributed by atoms with Crippen molar-refractivity contribution in [1.82, 2.24) is 25.6 Å². The molecule has 4 aromatic rings. The van der Waals surface area contributed by atoms with Gasteiger partial charge in [0, 0.05) is 5.56 Å². The van der Waals surface area contributed by atoms with Gasteiger partial charge in [-0.05, 0) is 76.2 Å². The Hall–Kier alpha value is -4.07. The third-order valence-corrected chi connectivity index (χ3v) is 4.53. The lowest BCUT2D eigenvalue weighted by Crippen LogP contribution is -2.19. The molecule has 29 heavy (non-hydrogen) atoms. The predicted molar refractivity (Wildman–Crippen MR) is 109 cm³/mol. The number of tetrazole rings is 1. The molecule has 0 unspecified atom stereocenters. The molecule has 1 aromatic heterocycles. The van der Waals surface area contributed by atoms with Crippen LogP contribution >= 0.6 is 0 Å². The lowest BCUT2D eigenvalue weighted by Gasteiger charge is -2.07. The first kappa shape index (κ1) is 18.3. The number of carbonyl (C=O) groups excluding carboxylic acids is 1. The van der Waals surface area contributed by atoms with Crippen molar-refractivity contribution in [3.05, 3.63) is 78.1 Å². The molecule has 8 nitrogen and oxygen atoms in total. The summed E-state index contributed by atoms with van der Waals surface area (Å²) in [6, 6.07) is 18.8. The van der Waals surface area contributed by atoms with Crippen molar-refractivity contribution in [2.24, 2.45) is 5.10 Å². The topological polar surface area (TPSA) is 94.3 Å². The van der Waals surface area contributed by atoms with Gasteiger partial charge in [0.1, 0.15) is 12.1 Å². The summed E-state index contributed by atoms with van der Waals surface area (Å²) in [5.74, 6) is 0.521. The number of carbonyl (C=O) groups is 1. The predicted octanol–water partition coefficient (Wildman–Crippen LogP) is 2.98. The molecule has 0 radical (unpaired) electrons. The number of nitrogens with one attached hydrogen (secondary N) is 1. The molecular weight excluding hydrogens is 368 g/mol. The largest absolute Gasteiger partial charge is 0.497 e. The van der Waals surface area contributed by atoms with Gasteiger partial charge in [-0.3, -0.25) is 4.79 Å². The molecule has 1 heterocycles. The van der Waals surface area contributed by atoms with Gasteiger partial charge in [-0.25, -0.2) is 10.1 Å². The highest BCUT2D eigenvalue weighted by Crippen LogP contribution is 2.22. The number of hydrazone groups is 1. The van der Waals surface area contributed by atoms with E-state index < -0.39 is 0 Å². The van der Waals surface area contributed by atoms with E-state index in [0.29, 0.717) is 11.3 Å². The van der Waals surface area contributed by atoms with Crippen LogP contribution in [0.25, 0.3) is 16.5 Å². The fraction of sp³-hybridized carbons (Fsp3) is 0.0952. The zero-order chi connectivity index (χ0) is 20.2. The molecule has 0 spiro atoms. The fourth-order valence-electron chi connectivity index (χ4n) is 2.88. The molecule has 0 bridgehead atoms. The summed E-state index contributed by atoms with van der Waals surface area (Å²) in [6.07, 6.45) is 1.49. The van der Waals surface area contributed by atoms with Crippen molar-refractivity contribution in [1.29, 1.82) is 0 Å². The summed E-state index contributed by atoms with van der Waals surface area (Å²) >= 11 is 0. The third-order valence-electron chi connectivity index (χ3n) is 4.53. The minimum Gasteiger partial charge on any atom is -0.497 e. The van der Waals surface area contributed by atoms with Crippen LogP contribution in [0.4, 0.5) is 0 Å². The smallest absolute Gasteiger partial charge is 0.271 e. The van der Waals surface area contributed by atoms with E-state index in [9.17, 15) is 4.79 Å². The Bertz CT molecular complexity index is 1180. The SMILES string of the molecule is COc1ccc2cc(/C(C)=N/NC(=O)c3ccc(-n4cnnn4)cc3)ccc2c1. The van der Waals surface area contributed by atoms with Crippen LogP contribution < -0.4 is 10.2 Å². The van der Waals surface area contributed by atoms with Crippen LogP contribution in [0.2, 0.25) is 0 Å². The maximum Gasteiger partial charge on any atom is 0.271 e. The van der Waals surface area contributed by atoms with Crippen molar-refractivity contribution in [3.63, 3.8) is 0 Å². The van der Waals surface area contributed by atoms with Crippen molar-refractivity contribution in [3.8, 4) is 11.4 Å². The van der Waals surface area contributed by atoms with Gasteiger partial charge in [0.2, 0.25) is 0 Å². The van der Waals surface area contributed by atoms with Gasteiger partial charge in [0.05, 0.1) is 18.5 Å². The van der Waals surface area contributed by atoms with E-state index in [1.54, 1.807) is 31.4 Å². The van der Waals surface area contributed by atoms with E-state index in [-0.39, 0.29) is 5.91 Å². The average Bonchev–Trinajstić information content (AvgIpc) is 3.31. The quantitative estimate of drug-likeness (QED) is 0.420. The van der Waals surface area contributed by atoms with Crippen molar-refractivity contribution < 1.29 is 9.53 Å². The van der Waals surface area contributed by atoms with Crippen molar-refractivity contribution in [2.45, 2.75) is 6.92 Å². The molecule has 0 saturated heterocycles. The number of aromatic nitrogens is 4. The summed E-state index contributed by atoms with van der Waals surface area (Å²) in [5, 5.41) is 17.4. The number of ether oxygens (including phenoxy) is 1. The van der Waals surface area contributed by atoms with Crippen molar-refractivity contribution >= 4 is 22.4 Å². The summed E-state index contributed by atoms with van der Waals surface area (Å²) in [6.45, 7) is 1.85. The lowest BCUT2D eigenvalue weighted by atomic mass is 10.0. The highest BCUT2D eigenvalue weighted by atomic mass is 16.5. The van der Waals surface area contributed by atoms with Crippen LogP contribution in [0.1, 0.15) is 22.8 Å². The van der Waals surface area contributed by atoms with E-state index in [1.807, 2.05) is 43.3 Å². The fourth-order valence-corrected chi connectivity index (χ4v) is 2.88. The maximum atomic E-state index is 12.4. The standard InChI is InChI=1S/C21H18N6O2/c1-14(16-3-4-18-12-20(29-2)10-7-17(18)11-16)23-24-21(28)15-5-8-19(9-6-15)27-13-22-25-26-27/h3-13H,1-2H3,(H,24,28)/b23-14+. The minimum atomic E-state index is -0.293. The van der Waals surface area contributed by atoms with E-state index >= 15 is 0 Å².